The Bertz CT molecular complexity index is 1390. The smallest absolute Gasteiger partial charge is 0.475 e. The van der Waals surface area contributed by atoms with E-state index < -0.39 is 36.4 Å². The second-order valence-electron chi connectivity index (χ2n) is 11.5. The van der Waals surface area contributed by atoms with E-state index in [1.54, 1.807) is 12.4 Å². The number of likely N-dealkylation sites (tertiary alicyclic amines) is 1. The quantitative estimate of drug-likeness (QED) is 0.312. The third kappa shape index (κ3) is 14.2. The summed E-state index contributed by atoms with van der Waals surface area (Å²) in [6.45, 7) is 5.09. The summed E-state index contributed by atoms with van der Waals surface area (Å²) in [5.41, 5.74) is 0.719. The molecule has 51 heavy (non-hydrogen) atoms. The van der Waals surface area contributed by atoms with Gasteiger partial charge in [0.1, 0.15) is 0 Å². The normalized spacial score (nSPS) is 20.4. The number of nitrogens with one attached hydrogen (secondary N) is 1. The van der Waals surface area contributed by atoms with Crippen LogP contribution < -0.4 is 10.2 Å². The summed E-state index contributed by atoms with van der Waals surface area (Å²) in [5.74, 6) is -6.36. The minimum atomic E-state index is -5.08. The van der Waals surface area contributed by atoms with Crippen LogP contribution in [0.5, 0.6) is 0 Å². The number of carboxylic acid groups (broad SMARTS) is 3. The van der Waals surface area contributed by atoms with Crippen LogP contribution in [-0.4, -0.2) is 110 Å². The zero-order chi connectivity index (χ0) is 38.6. The molecule has 1 amide bonds. The number of amides is 1. The van der Waals surface area contributed by atoms with Gasteiger partial charge in [0.15, 0.2) is 0 Å². The summed E-state index contributed by atoms with van der Waals surface area (Å²) in [5, 5.41) is 24.7. The van der Waals surface area contributed by atoms with Crippen molar-refractivity contribution in [2.45, 2.75) is 50.8 Å². The molecule has 2 saturated heterocycles. The number of carbonyl (C=O) groups is 4. The van der Waals surface area contributed by atoms with Gasteiger partial charge in [-0.2, -0.15) is 39.5 Å². The van der Waals surface area contributed by atoms with Gasteiger partial charge in [0.05, 0.1) is 11.1 Å². The van der Waals surface area contributed by atoms with Crippen molar-refractivity contribution in [1.29, 1.82) is 0 Å². The molecule has 4 heterocycles. The SMILES string of the molecule is O=C(NCC1CC1)[C@@]12CCCN(Cc3ccccn3)C[C@H]1CN(c1ncccn1)C2.O=C(O)C(F)(F)F.O=C(O)C(F)(F)F.O=C(O)C(F)(F)F. The van der Waals surface area contributed by atoms with E-state index in [0.717, 1.165) is 57.2 Å². The number of rotatable bonds is 6. The first-order valence-corrected chi connectivity index (χ1v) is 14.9. The number of halogens is 9. The van der Waals surface area contributed by atoms with E-state index in [-0.39, 0.29) is 17.2 Å². The molecule has 2 aliphatic heterocycles. The average molecular weight is 749 g/mol. The average Bonchev–Trinajstić information content (AvgIpc) is 3.83. The van der Waals surface area contributed by atoms with Crippen LogP contribution >= 0.6 is 0 Å². The molecule has 1 aliphatic carbocycles. The van der Waals surface area contributed by atoms with Gasteiger partial charge < -0.3 is 25.5 Å². The van der Waals surface area contributed by atoms with Gasteiger partial charge in [0, 0.05) is 57.2 Å². The van der Waals surface area contributed by atoms with E-state index in [0.29, 0.717) is 12.5 Å². The van der Waals surface area contributed by atoms with Crippen molar-refractivity contribution < 1.29 is 74.0 Å². The monoisotopic (exact) mass is 748 g/mol. The Balaban J connectivity index is 0.000000352. The molecule has 2 aromatic rings. The fraction of sp³-hybridized carbons (Fsp3) is 0.552. The lowest BCUT2D eigenvalue weighted by Gasteiger charge is -2.32. The first-order valence-electron chi connectivity index (χ1n) is 14.9. The van der Waals surface area contributed by atoms with Crippen molar-refractivity contribution in [1.82, 2.24) is 25.2 Å². The van der Waals surface area contributed by atoms with Crippen LogP contribution in [0, 0.1) is 17.3 Å². The number of hydrogen-bond acceptors (Lipinski definition) is 9. The van der Waals surface area contributed by atoms with Crippen LogP contribution in [0.25, 0.3) is 0 Å². The third-order valence-electron chi connectivity index (χ3n) is 7.65. The van der Waals surface area contributed by atoms with Gasteiger partial charge in [-0.05, 0) is 56.3 Å². The number of carboxylic acids is 3. The maximum atomic E-state index is 13.5. The minimum absolute atomic E-state index is 0.234. The number of hydrogen-bond donors (Lipinski definition) is 4. The molecule has 0 aromatic carbocycles. The molecule has 3 aliphatic rings. The molecule has 0 bridgehead atoms. The van der Waals surface area contributed by atoms with Gasteiger partial charge in [-0.3, -0.25) is 14.7 Å². The predicted molar refractivity (Wildman–Crippen MR) is 156 cm³/mol. The Morgan fingerprint density at radius 3 is 1.75 bits per heavy atom. The molecular weight excluding hydrogens is 715 g/mol. The zero-order valence-electron chi connectivity index (χ0n) is 26.4. The first kappa shape index (κ1) is 42.4. The third-order valence-corrected chi connectivity index (χ3v) is 7.65. The van der Waals surface area contributed by atoms with Gasteiger partial charge >= 0.3 is 36.4 Å². The first-order chi connectivity index (χ1) is 23.6. The fourth-order valence-electron chi connectivity index (χ4n) is 5.09. The van der Waals surface area contributed by atoms with Crippen LogP contribution in [0.3, 0.4) is 0 Å². The molecule has 22 heteroatoms. The van der Waals surface area contributed by atoms with E-state index >= 15 is 0 Å². The highest BCUT2D eigenvalue weighted by Gasteiger charge is 2.53. The minimum Gasteiger partial charge on any atom is -0.475 e. The van der Waals surface area contributed by atoms with Crippen LogP contribution in [0.2, 0.25) is 0 Å². The summed E-state index contributed by atoms with van der Waals surface area (Å²) < 4.78 is 95.2. The van der Waals surface area contributed by atoms with Crippen molar-refractivity contribution >= 4 is 29.8 Å². The number of pyridine rings is 1. The zero-order valence-corrected chi connectivity index (χ0v) is 26.4. The van der Waals surface area contributed by atoms with Gasteiger partial charge in [0.25, 0.3) is 0 Å². The maximum Gasteiger partial charge on any atom is 0.490 e. The van der Waals surface area contributed by atoms with Crippen LogP contribution in [0.15, 0.2) is 42.9 Å². The highest BCUT2D eigenvalue weighted by molar-refractivity contribution is 5.84. The van der Waals surface area contributed by atoms with E-state index in [4.69, 9.17) is 29.7 Å². The summed E-state index contributed by atoms with van der Waals surface area (Å²) >= 11 is 0. The summed E-state index contributed by atoms with van der Waals surface area (Å²) in [6.07, 6.45) is -5.41. The van der Waals surface area contributed by atoms with E-state index in [9.17, 15) is 44.3 Å². The topological polar surface area (TPSA) is 186 Å². The molecule has 2 aromatic heterocycles. The summed E-state index contributed by atoms with van der Waals surface area (Å²) in [4.78, 5) is 58.3. The molecule has 284 valence electrons. The Morgan fingerprint density at radius 1 is 0.784 bits per heavy atom. The van der Waals surface area contributed by atoms with Gasteiger partial charge in [-0.25, -0.2) is 24.4 Å². The summed E-state index contributed by atoms with van der Waals surface area (Å²) in [6, 6.07) is 7.92. The highest BCUT2D eigenvalue weighted by Crippen LogP contribution is 2.44. The van der Waals surface area contributed by atoms with Gasteiger partial charge in [0.2, 0.25) is 11.9 Å². The molecule has 0 spiro atoms. The number of aromatic nitrogens is 3. The standard InChI is InChI=1S/C23H30N6O.3C2HF3O2/c30-21(27-13-18-6-7-18)23-8-3-12-28(16-20-5-1-2-9-24-20)14-19(23)15-29(17-23)22-25-10-4-11-26-22;3*3-2(4,5)1(6)7/h1-2,4-5,9-11,18-19H,3,6-8,12-17H2,(H,27,30);3*(H,6,7)/t19-,23+;;;/m0.../s1. The number of alkyl halides is 9. The van der Waals surface area contributed by atoms with Crippen LogP contribution in [0.1, 0.15) is 31.4 Å². The van der Waals surface area contributed by atoms with E-state index in [2.05, 4.69) is 36.1 Å². The Labute approximate surface area is 283 Å². The maximum absolute atomic E-state index is 13.5. The summed E-state index contributed by atoms with van der Waals surface area (Å²) in [7, 11) is 0. The van der Waals surface area contributed by atoms with E-state index in [1.165, 1.54) is 12.8 Å². The highest BCUT2D eigenvalue weighted by atomic mass is 19.4. The predicted octanol–water partition coefficient (Wildman–Crippen LogP) is 4.02. The van der Waals surface area contributed by atoms with Crippen molar-refractivity contribution in [3.8, 4) is 0 Å². The second kappa shape index (κ2) is 17.9. The van der Waals surface area contributed by atoms with Gasteiger partial charge in [-0.1, -0.05) is 6.07 Å². The molecule has 3 fully saturated rings. The Hall–Kier alpha value is -4.76. The fourth-order valence-corrected chi connectivity index (χ4v) is 5.09. The molecule has 13 nitrogen and oxygen atoms in total. The Kier molecular flexibility index (Phi) is 14.9. The van der Waals surface area contributed by atoms with E-state index in [1.807, 2.05) is 24.4 Å². The lowest BCUT2D eigenvalue weighted by atomic mass is 9.74. The van der Waals surface area contributed by atoms with Crippen molar-refractivity contribution in [3.05, 3.63) is 48.5 Å². The van der Waals surface area contributed by atoms with Crippen LogP contribution in [0.4, 0.5) is 45.5 Å². The van der Waals surface area contributed by atoms with Crippen molar-refractivity contribution in [2.24, 2.45) is 17.3 Å². The molecular formula is C29H33F9N6O7. The number of anilines is 1. The number of aliphatic carboxylic acids is 3. The molecule has 1 saturated carbocycles. The van der Waals surface area contributed by atoms with Crippen LogP contribution in [-0.2, 0) is 25.7 Å². The molecule has 5 rings (SSSR count). The number of nitrogens with zero attached hydrogens (tertiary/aromatic N) is 5. The number of carbonyl (C=O) groups excluding carboxylic acids is 1. The largest absolute Gasteiger partial charge is 0.490 e. The lowest BCUT2D eigenvalue weighted by Crippen LogP contribution is -2.48. The molecule has 0 unspecified atom stereocenters. The molecule has 0 radical (unpaired) electrons. The van der Waals surface area contributed by atoms with Crippen molar-refractivity contribution in [3.63, 3.8) is 0 Å². The van der Waals surface area contributed by atoms with Crippen molar-refractivity contribution in [2.75, 3.05) is 37.6 Å². The number of fused-ring (bicyclic) bond motifs is 1. The van der Waals surface area contributed by atoms with Gasteiger partial charge in [-0.15, -0.1) is 0 Å². The molecule has 2 atom stereocenters. The second-order valence-corrected chi connectivity index (χ2v) is 11.5. The molecule has 4 N–H and O–H groups in total. The Morgan fingerprint density at radius 2 is 1.29 bits per heavy atom. The lowest BCUT2D eigenvalue weighted by molar-refractivity contribution is -0.193.